The Morgan fingerprint density at radius 2 is 0.924 bits per heavy atom. The molecule has 0 bridgehead atoms. The second-order valence-corrected chi connectivity index (χ2v) is 18.1. The molecule has 12 aromatic rings. The second-order valence-electron chi connectivity index (χ2n) is 18.1. The molecule has 3 heteroatoms. The molecule has 0 spiro atoms. The van der Waals surface area contributed by atoms with Crippen LogP contribution >= 0.6 is 0 Å². The molecule has 0 saturated carbocycles. The highest BCUT2D eigenvalue weighted by molar-refractivity contribution is 6.26. The number of hydrogen-bond acceptors (Lipinski definition) is 2. The first-order chi connectivity index (χ1) is 32.5. The van der Waals surface area contributed by atoms with Gasteiger partial charge in [0.25, 0.3) is 0 Å². The topological polar surface area (TPSA) is 21.3 Å². The fraction of sp³-hybridized carbons (Fsp3) is 0.0476. The van der Waals surface area contributed by atoms with Crippen molar-refractivity contribution in [3.05, 3.63) is 242 Å². The summed E-state index contributed by atoms with van der Waals surface area (Å²) in [4.78, 5) is 2.40. The molecule has 1 aliphatic carbocycles. The first-order valence-electron chi connectivity index (χ1n) is 22.8. The maximum absolute atomic E-state index is 6.89. The van der Waals surface area contributed by atoms with Gasteiger partial charge in [-0.25, -0.2) is 0 Å². The molecule has 2 heterocycles. The second kappa shape index (κ2) is 14.8. The van der Waals surface area contributed by atoms with Crippen molar-refractivity contribution in [2.45, 2.75) is 19.3 Å². The smallest absolute Gasteiger partial charge is 0.160 e. The van der Waals surface area contributed by atoms with E-state index < -0.39 is 0 Å². The molecule has 0 aliphatic heterocycles. The summed E-state index contributed by atoms with van der Waals surface area (Å²) in [7, 11) is 0. The van der Waals surface area contributed by atoms with Gasteiger partial charge in [-0.15, -0.1) is 0 Å². The van der Waals surface area contributed by atoms with Crippen LogP contribution in [0.4, 0.5) is 17.1 Å². The third-order valence-electron chi connectivity index (χ3n) is 14.0. The van der Waals surface area contributed by atoms with E-state index in [1.807, 2.05) is 0 Å². The summed E-state index contributed by atoms with van der Waals surface area (Å²) < 4.78 is 9.30. The van der Waals surface area contributed by atoms with Crippen LogP contribution in [0.2, 0.25) is 0 Å². The SMILES string of the molecule is CC1(C)c2ccccc2-c2ccc(N(c3ccc(-c4ccccc4)cc3)c3ccc(-n4c5ccccc5c5c(-c6ccc(-c7ccccc7)cc6)cc6c7ccccc7oc6c54)cc3)cc21. The quantitative estimate of drug-likeness (QED) is 0.159. The van der Waals surface area contributed by atoms with Crippen LogP contribution in [0.25, 0.3) is 93.9 Å². The number of hydrogen-bond donors (Lipinski definition) is 0. The molecule has 0 radical (unpaired) electrons. The molecule has 0 N–H and O–H groups in total. The Labute approximate surface area is 384 Å². The number of para-hydroxylation sites is 2. The van der Waals surface area contributed by atoms with Gasteiger partial charge in [0.15, 0.2) is 5.58 Å². The fourth-order valence-corrected chi connectivity index (χ4v) is 10.8. The normalized spacial score (nSPS) is 12.8. The number of rotatable bonds is 7. The van der Waals surface area contributed by atoms with Gasteiger partial charge in [0.1, 0.15) is 5.58 Å². The molecule has 0 amide bonds. The molecule has 0 atom stereocenters. The molecular weight excluding hydrogens is 801 g/mol. The molecule has 0 saturated heterocycles. The zero-order valence-electron chi connectivity index (χ0n) is 36.7. The zero-order chi connectivity index (χ0) is 43.9. The lowest BCUT2D eigenvalue weighted by Crippen LogP contribution is -2.16. The van der Waals surface area contributed by atoms with E-state index in [0.29, 0.717) is 0 Å². The summed E-state index contributed by atoms with van der Waals surface area (Å²) in [6.45, 7) is 4.70. The molecule has 10 aromatic carbocycles. The van der Waals surface area contributed by atoms with Crippen molar-refractivity contribution in [2.24, 2.45) is 0 Å². The molecule has 13 rings (SSSR count). The monoisotopic (exact) mass is 844 g/mol. The average molecular weight is 845 g/mol. The lowest BCUT2D eigenvalue weighted by Gasteiger charge is -2.28. The first kappa shape index (κ1) is 38.1. The van der Waals surface area contributed by atoms with Crippen molar-refractivity contribution >= 4 is 60.8 Å². The van der Waals surface area contributed by atoms with E-state index in [1.54, 1.807) is 0 Å². The zero-order valence-corrected chi connectivity index (χ0v) is 36.7. The summed E-state index contributed by atoms with van der Waals surface area (Å²) in [5, 5.41) is 4.57. The highest BCUT2D eigenvalue weighted by Gasteiger charge is 2.36. The highest BCUT2D eigenvalue weighted by Crippen LogP contribution is 2.51. The van der Waals surface area contributed by atoms with Crippen LogP contribution in [0.5, 0.6) is 0 Å². The number of benzene rings is 10. The van der Waals surface area contributed by atoms with Gasteiger partial charge in [-0.3, -0.25) is 0 Å². The molecule has 1 aliphatic rings. The standard InChI is InChI=1S/C63H44N2O/c1-63(2)56-22-12-9-19-50(56)51-38-37-49(39-57(51)63)64(46-31-29-44(30-32-46)42-17-7-4-8-18-42)47-33-35-48(36-34-47)65-58-23-13-10-21-53(58)60-54(45-27-25-43(26-28-45)41-15-5-3-6-16-41)40-55-52-20-11-14-24-59(52)66-62(55)61(60)65/h3-40H,1-2H3. The van der Waals surface area contributed by atoms with Crippen LogP contribution in [0.1, 0.15) is 25.0 Å². The van der Waals surface area contributed by atoms with Crippen molar-refractivity contribution < 1.29 is 4.42 Å². The van der Waals surface area contributed by atoms with Crippen LogP contribution in [0.3, 0.4) is 0 Å². The van der Waals surface area contributed by atoms with E-state index in [2.05, 4.69) is 254 Å². The number of fused-ring (bicyclic) bond motifs is 10. The minimum atomic E-state index is -0.129. The summed E-state index contributed by atoms with van der Waals surface area (Å²) in [5.74, 6) is 0. The fourth-order valence-electron chi connectivity index (χ4n) is 10.8. The summed E-state index contributed by atoms with van der Waals surface area (Å²) in [6.07, 6.45) is 0. The Hall–Kier alpha value is -8.40. The Kier molecular flexibility index (Phi) is 8.56. The Morgan fingerprint density at radius 3 is 1.64 bits per heavy atom. The van der Waals surface area contributed by atoms with Crippen LogP contribution in [-0.2, 0) is 5.41 Å². The van der Waals surface area contributed by atoms with E-state index in [1.165, 1.54) is 66.4 Å². The van der Waals surface area contributed by atoms with Gasteiger partial charge >= 0.3 is 0 Å². The van der Waals surface area contributed by atoms with Gasteiger partial charge in [-0.1, -0.05) is 178 Å². The molecular formula is C63H44N2O. The molecule has 66 heavy (non-hydrogen) atoms. The third-order valence-corrected chi connectivity index (χ3v) is 14.0. The molecule has 3 nitrogen and oxygen atoms in total. The predicted octanol–water partition coefficient (Wildman–Crippen LogP) is 17.5. The van der Waals surface area contributed by atoms with Gasteiger partial charge in [0, 0.05) is 49.7 Å². The summed E-state index contributed by atoms with van der Waals surface area (Å²) in [6, 6.07) is 83.7. The minimum Gasteiger partial charge on any atom is -0.454 e. The predicted molar refractivity (Wildman–Crippen MR) is 277 cm³/mol. The minimum absolute atomic E-state index is 0.129. The van der Waals surface area contributed by atoms with E-state index in [-0.39, 0.29) is 5.41 Å². The van der Waals surface area contributed by atoms with Crippen LogP contribution < -0.4 is 4.90 Å². The number of aromatic nitrogens is 1. The third kappa shape index (κ3) is 5.90. The van der Waals surface area contributed by atoms with Crippen molar-refractivity contribution in [1.29, 1.82) is 0 Å². The maximum Gasteiger partial charge on any atom is 0.160 e. The largest absolute Gasteiger partial charge is 0.454 e. The van der Waals surface area contributed by atoms with Crippen molar-refractivity contribution in [1.82, 2.24) is 4.57 Å². The van der Waals surface area contributed by atoms with Gasteiger partial charge in [-0.05, 0) is 122 Å². The maximum atomic E-state index is 6.89. The molecule has 312 valence electrons. The van der Waals surface area contributed by atoms with Crippen LogP contribution in [0, 0.1) is 0 Å². The van der Waals surface area contributed by atoms with Crippen LogP contribution in [0.15, 0.2) is 235 Å². The first-order valence-corrected chi connectivity index (χ1v) is 22.8. The van der Waals surface area contributed by atoms with E-state index in [0.717, 1.165) is 55.7 Å². The Bertz CT molecular complexity index is 3800. The lowest BCUT2D eigenvalue weighted by molar-refractivity contribution is 0.660. The van der Waals surface area contributed by atoms with E-state index >= 15 is 0 Å². The summed E-state index contributed by atoms with van der Waals surface area (Å²) in [5.41, 5.74) is 20.7. The molecule has 0 fully saturated rings. The molecule has 0 unspecified atom stereocenters. The Morgan fingerprint density at radius 1 is 0.394 bits per heavy atom. The van der Waals surface area contributed by atoms with E-state index in [9.17, 15) is 0 Å². The van der Waals surface area contributed by atoms with Gasteiger partial charge in [0.05, 0.1) is 11.0 Å². The van der Waals surface area contributed by atoms with E-state index in [4.69, 9.17) is 4.42 Å². The van der Waals surface area contributed by atoms with Gasteiger partial charge in [0.2, 0.25) is 0 Å². The molecule has 2 aromatic heterocycles. The van der Waals surface area contributed by atoms with Crippen LogP contribution in [-0.4, -0.2) is 4.57 Å². The lowest BCUT2D eigenvalue weighted by atomic mass is 9.82. The van der Waals surface area contributed by atoms with Crippen molar-refractivity contribution in [3.8, 4) is 50.2 Å². The highest BCUT2D eigenvalue weighted by atomic mass is 16.3. The number of anilines is 3. The van der Waals surface area contributed by atoms with Crippen molar-refractivity contribution in [2.75, 3.05) is 4.90 Å². The van der Waals surface area contributed by atoms with Gasteiger partial charge < -0.3 is 13.9 Å². The van der Waals surface area contributed by atoms with Gasteiger partial charge in [-0.2, -0.15) is 0 Å². The Balaban J connectivity index is 0.994. The average Bonchev–Trinajstić information content (AvgIpc) is 4.00. The number of nitrogens with zero attached hydrogens (tertiary/aromatic N) is 2. The van der Waals surface area contributed by atoms with Crippen molar-refractivity contribution in [3.63, 3.8) is 0 Å². The summed E-state index contributed by atoms with van der Waals surface area (Å²) >= 11 is 0. The number of furan rings is 1.